The number of anilines is 1. The van der Waals surface area contributed by atoms with Gasteiger partial charge in [-0.1, -0.05) is 49.9 Å². The highest BCUT2D eigenvalue weighted by atomic mass is 32.2. The summed E-state index contributed by atoms with van der Waals surface area (Å²) in [5.74, 6) is 0.541. The lowest BCUT2D eigenvalue weighted by Crippen LogP contribution is -2.16. The lowest BCUT2D eigenvalue weighted by atomic mass is 10.1. The van der Waals surface area contributed by atoms with Crippen molar-refractivity contribution in [1.29, 1.82) is 0 Å². The van der Waals surface area contributed by atoms with Crippen molar-refractivity contribution >= 4 is 23.4 Å². The molecule has 0 atom stereocenters. The molecule has 5 nitrogen and oxygen atoms in total. The van der Waals surface area contributed by atoms with Gasteiger partial charge in [0, 0.05) is 12.2 Å². The maximum Gasteiger partial charge on any atom is 0.234 e. The van der Waals surface area contributed by atoms with Crippen molar-refractivity contribution in [3.8, 4) is 11.4 Å². The van der Waals surface area contributed by atoms with E-state index in [2.05, 4.69) is 29.4 Å². The van der Waals surface area contributed by atoms with Gasteiger partial charge in [0.05, 0.1) is 11.3 Å². The molecule has 3 aromatic rings. The fraction of sp³-hybridized carbons (Fsp3) is 0.318. The smallest absolute Gasteiger partial charge is 0.234 e. The van der Waals surface area contributed by atoms with E-state index >= 15 is 0 Å². The van der Waals surface area contributed by atoms with E-state index in [1.54, 1.807) is 18.2 Å². The summed E-state index contributed by atoms with van der Waals surface area (Å²) < 4.78 is 16.2. The van der Waals surface area contributed by atoms with Crippen LogP contribution in [0.3, 0.4) is 0 Å². The lowest BCUT2D eigenvalue weighted by molar-refractivity contribution is -0.113. The van der Waals surface area contributed by atoms with Crippen LogP contribution in [-0.2, 0) is 11.3 Å². The van der Waals surface area contributed by atoms with Crippen LogP contribution in [0, 0.1) is 25.6 Å². The molecule has 1 aromatic heterocycles. The predicted molar refractivity (Wildman–Crippen MR) is 116 cm³/mol. The SMILES string of the molecule is Cc1ccc(C)c(NC(=O)CSc2nnc(-c3ccccc3F)n2CC(C)C)c1. The molecular formula is C22H25FN4OS. The number of rotatable bonds is 7. The third-order valence-electron chi connectivity index (χ3n) is 4.38. The predicted octanol–water partition coefficient (Wildman–Crippen LogP) is 5.09. The highest BCUT2D eigenvalue weighted by molar-refractivity contribution is 7.99. The number of carbonyl (C=O) groups is 1. The fourth-order valence-corrected chi connectivity index (χ4v) is 3.70. The second kappa shape index (κ2) is 9.22. The molecule has 0 bridgehead atoms. The van der Waals surface area contributed by atoms with Gasteiger partial charge in [0.2, 0.25) is 5.91 Å². The van der Waals surface area contributed by atoms with E-state index < -0.39 is 0 Å². The van der Waals surface area contributed by atoms with Crippen molar-refractivity contribution < 1.29 is 9.18 Å². The van der Waals surface area contributed by atoms with Gasteiger partial charge in [-0.3, -0.25) is 4.79 Å². The molecule has 1 heterocycles. The molecule has 1 N–H and O–H groups in total. The van der Waals surface area contributed by atoms with Crippen molar-refractivity contribution in [3.05, 3.63) is 59.4 Å². The van der Waals surface area contributed by atoms with Crippen LogP contribution in [0.25, 0.3) is 11.4 Å². The number of aryl methyl sites for hydroxylation is 2. The van der Waals surface area contributed by atoms with Gasteiger partial charge in [0.25, 0.3) is 0 Å². The van der Waals surface area contributed by atoms with E-state index in [0.717, 1.165) is 16.8 Å². The van der Waals surface area contributed by atoms with Gasteiger partial charge in [-0.05, 0) is 49.1 Å². The number of amides is 1. The van der Waals surface area contributed by atoms with Crippen LogP contribution >= 0.6 is 11.8 Å². The molecule has 152 valence electrons. The highest BCUT2D eigenvalue weighted by Gasteiger charge is 2.19. The standard InChI is InChI=1S/C22H25FN4OS/c1-14(2)12-27-21(17-7-5-6-8-18(17)23)25-26-22(27)29-13-20(28)24-19-11-15(3)9-10-16(19)4/h5-11,14H,12-13H2,1-4H3,(H,24,28). The second-order valence-electron chi connectivity index (χ2n) is 7.45. The molecule has 0 saturated heterocycles. The summed E-state index contributed by atoms with van der Waals surface area (Å²) in [6.45, 7) is 8.74. The van der Waals surface area contributed by atoms with Gasteiger partial charge in [-0.15, -0.1) is 10.2 Å². The summed E-state index contributed by atoms with van der Waals surface area (Å²) in [6.07, 6.45) is 0. The van der Waals surface area contributed by atoms with Crippen molar-refractivity contribution in [2.24, 2.45) is 5.92 Å². The zero-order valence-corrected chi connectivity index (χ0v) is 17.9. The molecule has 0 aliphatic rings. The molecule has 2 aromatic carbocycles. The van der Waals surface area contributed by atoms with Gasteiger partial charge in [-0.25, -0.2) is 4.39 Å². The summed E-state index contributed by atoms with van der Waals surface area (Å²) in [5, 5.41) is 12.0. The number of benzene rings is 2. The number of thioether (sulfide) groups is 1. The molecule has 0 unspecified atom stereocenters. The van der Waals surface area contributed by atoms with Crippen molar-refractivity contribution in [2.75, 3.05) is 11.1 Å². The largest absolute Gasteiger partial charge is 0.325 e. The first-order chi connectivity index (χ1) is 13.8. The Hall–Kier alpha value is -2.67. The summed E-state index contributed by atoms with van der Waals surface area (Å²) in [7, 11) is 0. The van der Waals surface area contributed by atoms with Gasteiger partial charge in [0.15, 0.2) is 11.0 Å². The van der Waals surface area contributed by atoms with E-state index in [1.165, 1.54) is 17.8 Å². The molecule has 29 heavy (non-hydrogen) atoms. The van der Waals surface area contributed by atoms with Crippen molar-refractivity contribution in [1.82, 2.24) is 14.8 Å². The first kappa shape index (κ1) is 21.0. The number of aromatic nitrogens is 3. The first-order valence-electron chi connectivity index (χ1n) is 9.53. The van der Waals surface area contributed by atoms with Crippen LogP contribution in [0.15, 0.2) is 47.6 Å². The van der Waals surface area contributed by atoms with Crippen LogP contribution in [0.1, 0.15) is 25.0 Å². The Labute approximate surface area is 174 Å². The van der Waals surface area contributed by atoms with Crippen LogP contribution in [0.4, 0.5) is 10.1 Å². The van der Waals surface area contributed by atoms with E-state index in [9.17, 15) is 9.18 Å². The molecule has 0 saturated carbocycles. The third-order valence-corrected chi connectivity index (χ3v) is 5.35. The van der Waals surface area contributed by atoms with Gasteiger partial charge < -0.3 is 9.88 Å². The Kier molecular flexibility index (Phi) is 6.69. The van der Waals surface area contributed by atoms with E-state index in [1.807, 2.05) is 36.6 Å². The Morgan fingerprint density at radius 3 is 2.66 bits per heavy atom. The van der Waals surface area contributed by atoms with Crippen molar-refractivity contribution in [2.45, 2.75) is 39.4 Å². The molecule has 0 spiro atoms. The summed E-state index contributed by atoms with van der Waals surface area (Å²) >= 11 is 1.30. The topological polar surface area (TPSA) is 59.8 Å². The molecule has 0 aliphatic heterocycles. The van der Waals surface area contributed by atoms with Gasteiger partial charge in [-0.2, -0.15) is 0 Å². The van der Waals surface area contributed by atoms with E-state index in [0.29, 0.717) is 29.0 Å². The minimum atomic E-state index is -0.339. The van der Waals surface area contributed by atoms with Crippen molar-refractivity contribution in [3.63, 3.8) is 0 Å². The lowest BCUT2D eigenvalue weighted by Gasteiger charge is -2.13. The van der Waals surface area contributed by atoms with Gasteiger partial charge >= 0.3 is 0 Å². The molecule has 7 heteroatoms. The summed E-state index contributed by atoms with van der Waals surface area (Å²) in [6, 6.07) is 12.5. The normalized spacial score (nSPS) is 11.1. The molecule has 0 fully saturated rings. The molecular weight excluding hydrogens is 387 g/mol. The van der Waals surface area contributed by atoms with Crippen LogP contribution < -0.4 is 5.32 Å². The second-order valence-corrected chi connectivity index (χ2v) is 8.39. The maximum absolute atomic E-state index is 14.3. The van der Waals surface area contributed by atoms with Crippen LogP contribution in [0.2, 0.25) is 0 Å². The van der Waals surface area contributed by atoms with Crippen LogP contribution in [0.5, 0.6) is 0 Å². The number of hydrogen-bond donors (Lipinski definition) is 1. The first-order valence-corrected chi connectivity index (χ1v) is 10.5. The fourth-order valence-electron chi connectivity index (χ4n) is 2.95. The summed E-state index contributed by atoms with van der Waals surface area (Å²) in [5.41, 5.74) is 3.32. The average molecular weight is 413 g/mol. The number of nitrogens with one attached hydrogen (secondary N) is 1. The Morgan fingerprint density at radius 2 is 1.93 bits per heavy atom. The molecule has 3 rings (SSSR count). The third kappa shape index (κ3) is 5.23. The van der Waals surface area contributed by atoms with E-state index in [4.69, 9.17) is 0 Å². The Bertz CT molecular complexity index is 1020. The maximum atomic E-state index is 14.3. The number of halogens is 1. The average Bonchev–Trinajstić information content (AvgIpc) is 3.05. The van der Waals surface area contributed by atoms with Gasteiger partial charge in [0.1, 0.15) is 5.82 Å². The Balaban J connectivity index is 1.77. The zero-order valence-electron chi connectivity index (χ0n) is 17.1. The number of carbonyl (C=O) groups excluding carboxylic acids is 1. The summed E-state index contributed by atoms with van der Waals surface area (Å²) in [4.78, 5) is 12.5. The van der Waals surface area contributed by atoms with E-state index in [-0.39, 0.29) is 17.5 Å². The molecule has 0 radical (unpaired) electrons. The van der Waals surface area contributed by atoms with Crippen LogP contribution in [-0.4, -0.2) is 26.4 Å². The Morgan fingerprint density at radius 1 is 1.17 bits per heavy atom. The zero-order chi connectivity index (χ0) is 21.0. The quantitative estimate of drug-likeness (QED) is 0.549. The monoisotopic (exact) mass is 412 g/mol. The number of hydrogen-bond acceptors (Lipinski definition) is 4. The minimum Gasteiger partial charge on any atom is -0.325 e. The minimum absolute atomic E-state index is 0.116. The molecule has 0 aliphatic carbocycles. The number of nitrogens with zero attached hydrogens (tertiary/aromatic N) is 3. The molecule has 1 amide bonds. The highest BCUT2D eigenvalue weighted by Crippen LogP contribution is 2.27.